The molecule has 1 amide bonds. The van der Waals surface area contributed by atoms with Crippen LogP contribution in [-0.4, -0.2) is 105 Å². The lowest BCUT2D eigenvalue weighted by atomic mass is 10.1. The number of hydrogen-bond acceptors (Lipinski definition) is 12. The van der Waals surface area contributed by atoms with Gasteiger partial charge in [0.15, 0.2) is 5.84 Å². The molecule has 14 heteroatoms. The molecule has 0 saturated carbocycles. The molecular formula is C38H53N7O7. The second-order valence-electron chi connectivity index (χ2n) is 11.9. The van der Waals surface area contributed by atoms with Crippen molar-refractivity contribution in [2.24, 2.45) is 0 Å². The lowest BCUT2D eigenvalue weighted by molar-refractivity contribution is -0.141. The smallest absolute Gasteiger partial charge is 0.305 e. The number of nitrogens with one attached hydrogen (secondary N) is 4. The van der Waals surface area contributed by atoms with E-state index >= 15 is 0 Å². The average molecular weight is 720 g/mol. The number of ether oxygens (including phenoxy) is 5. The van der Waals surface area contributed by atoms with E-state index in [4.69, 9.17) is 29.8 Å². The van der Waals surface area contributed by atoms with Crippen LogP contribution in [0.4, 0.5) is 5.69 Å². The van der Waals surface area contributed by atoms with Gasteiger partial charge >= 0.3 is 5.97 Å². The number of methoxy groups -OCH3 is 1. The van der Waals surface area contributed by atoms with Crippen LogP contribution in [0.5, 0.6) is 5.75 Å². The van der Waals surface area contributed by atoms with Crippen LogP contribution in [0.15, 0.2) is 67.1 Å². The molecule has 282 valence electrons. The van der Waals surface area contributed by atoms with E-state index in [9.17, 15) is 9.59 Å². The highest BCUT2D eigenvalue weighted by atomic mass is 16.5. The van der Waals surface area contributed by atoms with Gasteiger partial charge in [-0.25, -0.2) is 9.97 Å². The van der Waals surface area contributed by atoms with Crippen molar-refractivity contribution in [1.29, 1.82) is 10.8 Å². The summed E-state index contributed by atoms with van der Waals surface area (Å²) < 4.78 is 27.0. The SMILES string of the molecule is COC(=O)CCCOCCOCCOCCCCCCOc1ccc([C@@H](C)NC(=O)c2cccc(NCC(=N)N(C)C(=N)c3ccncn3)c2)cc1. The standard InChI is InChI=1S/C38H53N7O7/c1-29(44-38(47)31-10-8-11-32(26-31)42-27-35(39)45(2)37(40)34-17-18-41-28-43-34)30-13-15-33(16-14-30)52-21-7-5-4-6-19-49-22-24-51-25-23-50-20-9-12-36(46)48-3/h8,10-11,13-18,26,28-29,39-40,42H,4-7,9,12,19-25,27H2,1-3H3,(H,44,47)/t29-/m1/s1. The number of carbonyl (C=O) groups excluding carboxylic acids is 2. The first kappa shape index (κ1) is 41.5. The minimum Gasteiger partial charge on any atom is -0.494 e. The summed E-state index contributed by atoms with van der Waals surface area (Å²) in [6, 6.07) is 16.3. The van der Waals surface area contributed by atoms with E-state index < -0.39 is 0 Å². The summed E-state index contributed by atoms with van der Waals surface area (Å²) in [5.74, 6) is 0.624. The Labute approximate surface area is 306 Å². The molecule has 3 rings (SSSR count). The fourth-order valence-electron chi connectivity index (χ4n) is 4.84. The van der Waals surface area contributed by atoms with Gasteiger partial charge in [-0.05, 0) is 74.6 Å². The largest absolute Gasteiger partial charge is 0.494 e. The molecule has 1 heterocycles. The molecule has 0 spiro atoms. The quantitative estimate of drug-likeness (QED) is 0.0388. The van der Waals surface area contributed by atoms with Gasteiger partial charge in [-0.3, -0.25) is 20.4 Å². The molecule has 4 N–H and O–H groups in total. The Bertz CT molecular complexity index is 1510. The van der Waals surface area contributed by atoms with Crippen LogP contribution in [0.25, 0.3) is 0 Å². The lowest BCUT2D eigenvalue weighted by Gasteiger charge is -2.21. The third kappa shape index (κ3) is 16.0. The molecule has 1 atom stereocenters. The molecule has 52 heavy (non-hydrogen) atoms. The van der Waals surface area contributed by atoms with Gasteiger partial charge in [0.25, 0.3) is 5.91 Å². The van der Waals surface area contributed by atoms with Crippen LogP contribution in [-0.2, 0) is 23.7 Å². The van der Waals surface area contributed by atoms with E-state index in [1.807, 2.05) is 37.3 Å². The topological polar surface area (TPSA) is 181 Å². The zero-order valence-electron chi connectivity index (χ0n) is 30.5. The van der Waals surface area contributed by atoms with Crippen LogP contribution in [0.3, 0.4) is 0 Å². The maximum absolute atomic E-state index is 13.1. The lowest BCUT2D eigenvalue weighted by Crippen LogP contribution is -2.37. The summed E-state index contributed by atoms with van der Waals surface area (Å²) >= 11 is 0. The second kappa shape index (κ2) is 24.3. The summed E-state index contributed by atoms with van der Waals surface area (Å²) in [5.41, 5.74) is 2.57. The summed E-state index contributed by atoms with van der Waals surface area (Å²) in [4.78, 5) is 33.4. The number of unbranched alkanes of at least 4 members (excludes halogenated alkanes) is 3. The first-order valence-electron chi connectivity index (χ1n) is 17.6. The highest BCUT2D eigenvalue weighted by Gasteiger charge is 2.15. The van der Waals surface area contributed by atoms with Gasteiger partial charge in [-0.15, -0.1) is 0 Å². The number of nitrogens with zero attached hydrogens (tertiary/aromatic N) is 3. The summed E-state index contributed by atoms with van der Waals surface area (Å²) in [6.45, 7) is 6.04. The molecule has 2 aromatic carbocycles. The molecule has 0 unspecified atom stereocenters. The molecule has 0 saturated heterocycles. The Morgan fingerprint density at radius 1 is 0.846 bits per heavy atom. The predicted molar refractivity (Wildman–Crippen MR) is 199 cm³/mol. The molecule has 0 aliphatic rings. The number of amides is 1. The fraction of sp³-hybridized carbons (Fsp3) is 0.474. The summed E-state index contributed by atoms with van der Waals surface area (Å²) in [6.07, 6.45) is 8.00. The monoisotopic (exact) mass is 719 g/mol. The minimum atomic E-state index is -0.222. The third-order valence-corrected chi connectivity index (χ3v) is 7.97. The number of hydrogen-bond donors (Lipinski definition) is 4. The molecule has 0 fully saturated rings. The molecular weight excluding hydrogens is 666 g/mol. The van der Waals surface area contributed by atoms with Crippen LogP contribution < -0.4 is 15.4 Å². The first-order chi connectivity index (χ1) is 25.3. The maximum Gasteiger partial charge on any atom is 0.305 e. The van der Waals surface area contributed by atoms with Crippen molar-refractivity contribution in [3.63, 3.8) is 0 Å². The summed E-state index contributed by atoms with van der Waals surface area (Å²) in [7, 11) is 3.02. The Kier molecular flexibility index (Phi) is 19.4. The number of esters is 1. The van der Waals surface area contributed by atoms with Crippen molar-refractivity contribution in [2.45, 2.75) is 51.5 Å². The molecule has 1 aromatic heterocycles. The number of rotatable bonds is 25. The first-order valence-corrected chi connectivity index (χ1v) is 17.6. The minimum absolute atomic E-state index is 0.0922. The highest BCUT2D eigenvalue weighted by molar-refractivity contribution is 6.06. The van der Waals surface area contributed by atoms with Crippen molar-refractivity contribution in [1.82, 2.24) is 20.2 Å². The van der Waals surface area contributed by atoms with Crippen molar-refractivity contribution in [2.75, 3.05) is 72.3 Å². The predicted octanol–water partition coefficient (Wildman–Crippen LogP) is 5.26. The van der Waals surface area contributed by atoms with Gasteiger partial charge in [0.2, 0.25) is 0 Å². The van der Waals surface area contributed by atoms with E-state index in [1.54, 1.807) is 37.5 Å². The zero-order valence-corrected chi connectivity index (χ0v) is 30.5. The van der Waals surface area contributed by atoms with E-state index in [1.165, 1.54) is 18.3 Å². The molecule has 0 bridgehead atoms. The Morgan fingerprint density at radius 3 is 2.19 bits per heavy atom. The van der Waals surface area contributed by atoms with Crippen LogP contribution in [0, 0.1) is 10.8 Å². The van der Waals surface area contributed by atoms with E-state index in [2.05, 4.69) is 25.3 Å². The Hall–Kier alpha value is -4.92. The number of amidine groups is 2. The average Bonchev–Trinajstić information content (AvgIpc) is 3.18. The van der Waals surface area contributed by atoms with Gasteiger partial charge in [0.1, 0.15) is 23.6 Å². The van der Waals surface area contributed by atoms with Crippen LogP contribution >= 0.6 is 0 Å². The van der Waals surface area contributed by atoms with Gasteiger partial charge < -0.3 is 39.2 Å². The van der Waals surface area contributed by atoms with E-state index in [0.717, 1.165) is 37.0 Å². The zero-order chi connectivity index (χ0) is 37.4. The number of benzene rings is 2. The van der Waals surface area contributed by atoms with E-state index in [0.29, 0.717) is 76.0 Å². The van der Waals surface area contributed by atoms with Gasteiger partial charge in [-0.1, -0.05) is 24.6 Å². The van der Waals surface area contributed by atoms with Crippen LogP contribution in [0.2, 0.25) is 0 Å². The van der Waals surface area contributed by atoms with E-state index in [-0.39, 0.29) is 36.1 Å². The molecule has 3 aromatic rings. The Morgan fingerprint density at radius 2 is 1.52 bits per heavy atom. The normalized spacial score (nSPS) is 11.4. The van der Waals surface area contributed by atoms with Gasteiger partial charge in [0.05, 0.1) is 52.7 Å². The Balaban J connectivity index is 1.23. The number of carbonyl (C=O) groups is 2. The second-order valence-corrected chi connectivity index (χ2v) is 11.9. The summed E-state index contributed by atoms with van der Waals surface area (Å²) in [5, 5.41) is 22.9. The number of likely N-dealkylation sites (N-methyl/N-ethyl adjacent to an activating group) is 1. The molecule has 0 aliphatic carbocycles. The highest BCUT2D eigenvalue weighted by Crippen LogP contribution is 2.19. The fourth-order valence-corrected chi connectivity index (χ4v) is 4.84. The number of aromatic nitrogens is 2. The molecule has 14 nitrogen and oxygen atoms in total. The van der Waals surface area contributed by atoms with Gasteiger partial charge in [0, 0.05) is 44.1 Å². The van der Waals surface area contributed by atoms with Crippen molar-refractivity contribution >= 4 is 29.2 Å². The number of anilines is 1. The molecule has 0 radical (unpaired) electrons. The third-order valence-electron chi connectivity index (χ3n) is 7.97. The van der Waals surface area contributed by atoms with Crippen molar-refractivity contribution in [3.05, 3.63) is 83.9 Å². The van der Waals surface area contributed by atoms with Crippen LogP contribution in [0.1, 0.15) is 73.1 Å². The van der Waals surface area contributed by atoms with Gasteiger partial charge in [-0.2, -0.15) is 0 Å². The van der Waals surface area contributed by atoms with Crippen molar-refractivity contribution in [3.8, 4) is 5.75 Å². The maximum atomic E-state index is 13.1. The molecule has 0 aliphatic heterocycles. The van der Waals surface area contributed by atoms with Crippen molar-refractivity contribution < 1.29 is 33.3 Å².